The van der Waals surface area contributed by atoms with E-state index in [2.05, 4.69) is 32.0 Å². The minimum absolute atomic E-state index is 0.583. The zero-order valence-corrected chi connectivity index (χ0v) is 12.0. The molecule has 18 heavy (non-hydrogen) atoms. The zero-order valence-electron chi connectivity index (χ0n) is 12.0. The predicted octanol–water partition coefficient (Wildman–Crippen LogP) is 4.02. The van der Waals surface area contributed by atoms with E-state index in [0.29, 0.717) is 5.92 Å². The highest BCUT2D eigenvalue weighted by atomic mass is 16.5. The highest BCUT2D eigenvalue weighted by molar-refractivity contribution is 5.39. The fourth-order valence-corrected chi connectivity index (χ4v) is 2.44. The van der Waals surface area contributed by atoms with Gasteiger partial charge in [-0.3, -0.25) is 0 Å². The Bertz CT molecular complexity index is 349. The molecule has 2 N–H and O–H groups in total. The third kappa shape index (κ3) is 4.34. The van der Waals surface area contributed by atoms with Crippen molar-refractivity contribution in [2.45, 2.75) is 52.4 Å². The Hall–Kier alpha value is -1.02. The van der Waals surface area contributed by atoms with Gasteiger partial charge in [-0.05, 0) is 57.2 Å². The molecule has 0 fully saturated rings. The van der Waals surface area contributed by atoms with Gasteiger partial charge in [0.05, 0.1) is 6.61 Å². The van der Waals surface area contributed by atoms with Crippen LogP contribution in [0.5, 0.6) is 5.75 Å². The fourth-order valence-electron chi connectivity index (χ4n) is 2.44. The molecule has 0 radical (unpaired) electrons. The van der Waals surface area contributed by atoms with Crippen molar-refractivity contribution in [3.8, 4) is 5.75 Å². The van der Waals surface area contributed by atoms with E-state index in [0.717, 1.165) is 31.7 Å². The van der Waals surface area contributed by atoms with Gasteiger partial charge < -0.3 is 10.5 Å². The molecular weight excluding hydrogens is 222 g/mol. The van der Waals surface area contributed by atoms with Crippen molar-refractivity contribution in [1.29, 1.82) is 0 Å². The summed E-state index contributed by atoms with van der Waals surface area (Å²) in [5, 5.41) is 0. The van der Waals surface area contributed by atoms with Gasteiger partial charge in [-0.25, -0.2) is 0 Å². The van der Waals surface area contributed by atoms with Crippen LogP contribution in [0.15, 0.2) is 18.2 Å². The van der Waals surface area contributed by atoms with Crippen LogP contribution in [0.25, 0.3) is 0 Å². The Morgan fingerprint density at radius 2 is 2.00 bits per heavy atom. The van der Waals surface area contributed by atoms with Crippen molar-refractivity contribution >= 4 is 0 Å². The van der Waals surface area contributed by atoms with E-state index in [1.54, 1.807) is 0 Å². The molecule has 1 unspecified atom stereocenters. The van der Waals surface area contributed by atoms with Crippen molar-refractivity contribution in [2.24, 2.45) is 5.73 Å². The number of nitrogens with two attached hydrogens (primary N) is 1. The van der Waals surface area contributed by atoms with Crippen LogP contribution in [-0.2, 0) is 0 Å². The summed E-state index contributed by atoms with van der Waals surface area (Å²) in [6.07, 6.45) is 4.66. The molecule has 1 aromatic carbocycles. The molecule has 2 nitrogen and oxygen atoms in total. The number of hydrogen-bond acceptors (Lipinski definition) is 2. The maximum absolute atomic E-state index is 5.77. The second kappa shape index (κ2) is 8.15. The van der Waals surface area contributed by atoms with Crippen LogP contribution in [0.1, 0.15) is 56.6 Å². The lowest BCUT2D eigenvalue weighted by Gasteiger charge is -2.20. The second-order valence-electron chi connectivity index (χ2n) is 4.89. The normalized spacial score (nSPS) is 12.4. The van der Waals surface area contributed by atoms with Crippen LogP contribution in [0.4, 0.5) is 0 Å². The molecule has 0 aliphatic carbocycles. The van der Waals surface area contributed by atoms with Gasteiger partial charge in [-0.15, -0.1) is 0 Å². The van der Waals surface area contributed by atoms with Gasteiger partial charge >= 0.3 is 0 Å². The number of ether oxygens (including phenoxy) is 1. The summed E-state index contributed by atoms with van der Waals surface area (Å²) in [6.45, 7) is 7.93. The lowest BCUT2D eigenvalue weighted by Crippen LogP contribution is -2.07. The second-order valence-corrected chi connectivity index (χ2v) is 4.89. The van der Waals surface area contributed by atoms with Crippen LogP contribution >= 0.6 is 0 Å². The molecule has 1 rings (SSSR count). The van der Waals surface area contributed by atoms with Crippen molar-refractivity contribution in [2.75, 3.05) is 13.2 Å². The molecule has 0 aliphatic heterocycles. The minimum atomic E-state index is 0.583. The molecule has 0 aromatic heterocycles. The molecule has 0 bridgehead atoms. The first-order valence-electron chi connectivity index (χ1n) is 7.16. The smallest absolute Gasteiger partial charge is 0.122 e. The molecule has 0 spiro atoms. The topological polar surface area (TPSA) is 35.2 Å². The molecule has 102 valence electrons. The summed E-state index contributed by atoms with van der Waals surface area (Å²) in [7, 11) is 0. The van der Waals surface area contributed by atoms with Crippen molar-refractivity contribution in [3.63, 3.8) is 0 Å². The van der Waals surface area contributed by atoms with Gasteiger partial charge in [-0.1, -0.05) is 31.0 Å². The van der Waals surface area contributed by atoms with E-state index >= 15 is 0 Å². The molecular formula is C16H27NO. The molecule has 1 atom stereocenters. The van der Waals surface area contributed by atoms with Gasteiger partial charge in [0.1, 0.15) is 5.75 Å². The summed E-state index contributed by atoms with van der Waals surface area (Å²) in [5.41, 5.74) is 8.32. The van der Waals surface area contributed by atoms with Gasteiger partial charge in [0.25, 0.3) is 0 Å². The third-order valence-electron chi connectivity index (χ3n) is 3.30. The van der Waals surface area contributed by atoms with Gasteiger partial charge in [0.15, 0.2) is 0 Å². The molecule has 0 aliphatic rings. The van der Waals surface area contributed by atoms with E-state index in [-0.39, 0.29) is 0 Å². The first-order valence-corrected chi connectivity index (χ1v) is 7.16. The first kappa shape index (κ1) is 15.0. The standard InChI is InChI=1S/C16H27NO/c1-4-7-14(8-6-11-17)15-12-13(3)9-10-16(15)18-5-2/h9-10,12,14H,4-8,11,17H2,1-3H3. The lowest BCUT2D eigenvalue weighted by molar-refractivity contribution is 0.332. The van der Waals surface area contributed by atoms with E-state index in [4.69, 9.17) is 10.5 Å². The maximum atomic E-state index is 5.77. The summed E-state index contributed by atoms with van der Waals surface area (Å²) in [5.74, 6) is 1.64. The van der Waals surface area contributed by atoms with Crippen molar-refractivity contribution < 1.29 is 4.74 Å². The van der Waals surface area contributed by atoms with Crippen LogP contribution in [0.3, 0.4) is 0 Å². The fraction of sp³-hybridized carbons (Fsp3) is 0.625. The Morgan fingerprint density at radius 3 is 2.61 bits per heavy atom. The Kier molecular flexibility index (Phi) is 6.81. The average molecular weight is 249 g/mol. The molecule has 2 heteroatoms. The quantitative estimate of drug-likeness (QED) is 0.755. The van der Waals surface area contributed by atoms with Gasteiger partial charge in [0, 0.05) is 0 Å². The number of hydrogen-bond donors (Lipinski definition) is 1. The predicted molar refractivity (Wildman–Crippen MR) is 78.3 cm³/mol. The summed E-state index contributed by atoms with van der Waals surface area (Å²) >= 11 is 0. The highest BCUT2D eigenvalue weighted by Gasteiger charge is 2.15. The third-order valence-corrected chi connectivity index (χ3v) is 3.30. The number of rotatable bonds is 8. The van der Waals surface area contributed by atoms with Crippen LogP contribution in [-0.4, -0.2) is 13.2 Å². The van der Waals surface area contributed by atoms with Crippen LogP contribution in [0, 0.1) is 6.92 Å². The first-order chi connectivity index (χ1) is 8.72. The zero-order chi connectivity index (χ0) is 13.4. The van der Waals surface area contributed by atoms with Crippen molar-refractivity contribution in [3.05, 3.63) is 29.3 Å². The molecule has 0 saturated heterocycles. The SMILES string of the molecule is CCCC(CCCN)c1cc(C)ccc1OCC. The highest BCUT2D eigenvalue weighted by Crippen LogP contribution is 2.34. The van der Waals surface area contributed by atoms with Crippen molar-refractivity contribution in [1.82, 2.24) is 0 Å². The Labute approximate surface area is 112 Å². The van der Waals surface area contributed by atoms with Gasteiger partial charge in [0.2, 0.25) is 0 Å². The summed E-state index contributed by atoms with van der Waals surface area (Å²) in [6, 6.07) is 6.52. The Balaban J connectivity index is 2.95. The number of aryl methyl sites for hydroxylation is 1. The summed E-state index contributed by atoms with van der Waals surface area (Å²) < 4.78 is 5.77. The average Bonchev–Trinajstić information content (AvgIpc) is 2.37. The minimum Gasteiger partial charge on any atom is -0.494 e. The van der Waals surface area contributed by atoms with E-state index in [9.17, 15) is 0 Å². The van der Waals surface area contributed by atoms with E-state index in [1.807, 2.05) is 6.92 Å². The largest absolute Gasteiger partial charge is 0.494 e. The molecule has 0 saturated carbocycles. The monoisotopic (exact) mass is 249 g/mol. The number of benzene rings is 1. The Morgan fingerprint density at radius 1 is 1.22 bits per heavy atom. The molecule has 0 amide bonds. The van der Waals surface area contributed by atoms with E-state index in [1.165, 1.54) is 24.0 Å². The van der Waals surface area contributed by atoms with E-state index < -0.39 is 0 Å². The van der Waals surface area contributed by atoms with Gasteiger partial charge in [-0.2, -0.15) is 0 Å². The lowest BCUT2D eigenvalue weighted by atomic mass is 9.88. The molecule has 0 heterocycles. The summed E-state index contributed by atoms with van der Waals surface area (Å²) in [4.78, 5) is 0. The van der Waals surface area contributed by atoms with Crippen LogP contribution in [0.2, 0.25) is 0 Å². The van der Waals surface area contributed by atoms with Crippen LogP contribution < -0.4 is 10.5 Å². The molecule has 1 aromatic rings. The maximum Gasteiger partial charge on any atom is 0.122 e.